The normalized spacial score (nSPS) is 48.6. The lowest BCUT2D eigenvalue weighted by molar-refractivity contribution is -0.111. The molecule has 146 valence electrons. The fraction of sp³-hybridized carbons (Fsp3) is 1.00. The summed E-state index contributed by atoms with van der Waals surface area (Å²) >= 11 is 0. The lowest BCUT2D eigenvalue weighted by Gasteiger charge is -2.60. The third kappa shape index (κ3) is 3.23. The summed E-state index contributed by atoms with van der Waals surface area (Å²) in [5, 5.41) is 0. The van der Waals surface area contributed by atoms with E-state index in [0.29, 0.717) is 5.41 Å². The second-order valence-electron chi connectivity index (χ2n) is 10.4. The second kappa shape index (κ2) is 7.93. The average Bonchev–Trinajstić information content (AvgIpc) is 2.97. The summed E-state index contributed by atoms with van der Waals surface area (Å²) in [6.45, 7) is 11.8. The van der Waals surface area contributed by atoms with Crippen LogP contribution in [-0.4, -0.2) is 0 Å². The van der Waals surface area contributed by atoms with Crippen molar-refractivity contribution in [3.05, 3.63) is 0 Å². The van der Waals surface area contributed by atoms with E-state index < -0.39 is 0 Å². The molecule has 0 aliphatic heterocycles. The van der Waals surface area contributed by atoms with Gasteiger partial charge in [-0.15, -0.1) is 0 Å². The molecular weight excluding hydrogens is 300 g/mol. The highest BCUT2D eigenvalue weighted by Gasteiger charge is 2.59. The molecule has 25 heavy (non-hydrogen) atoms. The summed E-state index contributed by atoms with van der Waals surface area (Å²) in [5.41, 5.74) is 1.44. The van der Waals surface area contributed by atoms with Gasteiger partial charge in [0.05, 0.1) is 0 Å². The molecule has 0 heteroatoms. The first-order valence-corrected chi connectivity index (χ1v) is 12.1. The Morgan fingerprint density at radius 1 is 0.760 bits per heavy atom. The standard InChI is InChI=1S/C23H40.C2H6/c1-4-5-8-17-11-13-20-19-12-10-18-9-6-7-15-22(18,2)21(19)14-16-23(17,20)3;1-2/h17-21H,4-16H2,1-3H3;1-2H3/t17-,18?,19?,20?,21?,22-,23+;/m0./s1. The molecule has 7 atom stereocenters. The van der Waals surface area contributed by atoms with Gasteiger partial charge in [-0.3, -0.25) is 0 Å². The van der Waals surface area contributed by atoms with Crippen LogP contribution in [0.4, 0.5) is 0 Å². The quantitative estimate of drug-likeness (QED) is 0.482. The van der Waals surface area contributed by atoms with Crippen LogP contribution >= 0.6 is 0 Å². The molecule has 4 saturated carbocycles. The van der Waals surface area contributed by atoms with Crippen molar-refractivity contribution in [3.63, 3.8) is 0 Å². The Bertz CT molecular complexity index is 426. The zero-order valence-electron chi connectivity index (χ0n) is 18.1. The average molecular weight is 347 g/mol. The van der Waals surface area contributed by atoms with Crippen molar-refractivity contribution in [2.45, 2.75) is 118 Å². The summed E-state index contributed by atoms with van der Waals surface area (Å²) in [7, 11) is 0. The first-order chi connectivity index (χ1) is 12.1. The third-order valence-electron chi connectivity index (χ3n) is 9.69. The van der Waals surface area contributed by atoms with Gasteiger partial charge in [0.25, 0.3) is 0 Å². The maximum absolute atomic E-state index is 2.72. The molecule has 0 saturated heterocycles. The van der Waals surface area contributed by atoms with Gasteiger partial charge in [-0.2, -0.15) is 0 Å². The van der Waals surface area contributed by atoms with Crippen LogP contribution in [0.25, 0.3) is 0 Å². The molecule has 0 bridgehead atoms. The van der Waals surface area contributed by atoms with E-state index in [1.54, 1.807) is 51.4 Å². The zero-order valence-corrected chi connectivity index (χ0v) is 18.1. The largest absolute Gasteiger partial charge is 0.0683 e. The predicted molar refractivity (Wildman–Crippen MR) is 111 cm³/mol. The Kier molecular flexibility index (Phi) is 6.27. The van der Waals surface area contributed by atoms with Crippen molar-refractivity contribution in [2.75, 3.05) is 0 Å². The van der Waals surface area contributed by atoms with Gasteiger partial charge in [0.15, 0.2) is 0 Å². The SMILES string of the molecule is CC.CCCC[C@H]1CCC2C3CCC4CCCC[C@]4(C)C3CC[C@@]21C. The maximum atomic E-state index is 2.72. The topological polar surface area (TPSA) is 0 Å². The predicted octanol–water partition coefficient (Wildman–Crippen LogP) is 8.25. The van der Waals surface area contributed by atoms with E-state index in [-0.39, 0.29) is 0 Å². The lowest BCUT2D eigenvalue weighted by atomic mass is 9.45. The maximum Gasteiger partial charge on any atom is -0.0266 e. The van der Waals surface area contributed by atoms with Gasteiger partial charge in [0.1, 0.15) is 0 Å². The van der Waals surface area contributed by atoms with E-state index in [2.05, 4.69) is 20.8 Å². The van der Waals surface area contributed by atoms with Gasteiger partial charge in [-0.25, -0.2) is 0 Å². The minimum Gasteiger partial charge on any atom is -0.0683 e. The highest BCUT2D eigenvalue weighted by atomic mass is 14.6. The van der Waals surface area contributed by atoms with Gasteiger partial charge in [-0.1, -0.05) is 60.3 Å². The van der Waals surface area contributed by atoms with Crippen LogP contribution in [0.3, 0.4) is 0 Å². The smallest absolute Gasteiger partial charge is 0.0266 e. The Morgan fingerprint density at radius 3 is 2.28 bits per heavy atom. The van der Waals surface area contributed by atoms with Gasteiger partial charge in [0, 0.05) is 0 Å². The van der Waals surface area contributed by atoms with Crippen molar-refractivity contribution >= 4 is 0 Å². The van der Waals surface area contributed by atoms with Crippen LogP contribution in [-0.2, 0) is 0 Å². The van der Waals surface area contributed by atoms with Crippen molar-refractivity contribution in [2.24, 2.45) is 40.4 Å². The monoisotopic (exact) mass is 346 g/mol. The van der Waals surface area contributed by atoms with Gasteiger partial charge in [0.2, 0.25) is 0 Å². The molecule has 4 fully saturated rings. The van der Waals surface area contributed by atoms with Crippen molar-refractivity contribution < 1.29 is 0 Å². The highest BCUT2D eigenvalue weighted by Crippen LogP contribution is 2.67. The summed E-state index contributed by atoms with van der Waals surface area (Å²) in [4.78, 5) is 0. The minimum atomic E-state index is 0.716. The Hall–Kier alpha value is 0. The number of hydrogen-bond acceptors (Lipinski definition) is 0. The summed E-state index contributed by atoms with van der Waals surface area (Å²) < 4.78 is 0. The molecule has 4 aliphatic rings. The van der Waals surface area contributed by atoms with Crippen molar-refractivity contribution in [1.29, 1.82) is 0 Å². The molecule has 4 unspecified atom stereocenters. The van der Waals surface area contributed by atoms with Crippen LogP contribution in [0.2, 0.25) is 0 Å². The van der Waals surface area contributed by atoms with E-state index in [1.807, 2.05) is 13.8 Å². The van der Waals surface area contributed by atoms with Crippen LogP contribution in [0.15, 0.2) is 0 Å². The number of rotatable bonds is 3. The van der Waals surface area contributed by atoms with Crippen LogP contribution in [0.1, 0.15) is 118 Å². The fourth-order valence-corrected chi connectivity index (χ4v) is 8.33. The molecule has 0 aromatic rings. The van der Waals surface area contributed by atoms with E-state index in [9.17, 15) is 0 Å². The Morgan fingerprint density at radius 2 is 1.52 bits per heavy atom. The molecule has 0 aromatic carbocycles. The minimum absolute atomic E-state index is 0.716. The molecule has 0 amide bonds. The van der Waals surface area contributed by atoms with Crippen LogP contribution in [0, 0.1) is 40.4 Å². The number of fused-ring (bicyclic) bond motifs is 5. The molecule has 0 nitrogen and oxygen atoms in total. The number of hydrogen-bond donors (Lipinski definition) is 0. The van der Waals surface area contributed by atoms with E-state index >= 15 is 0 Å². The molecule has 0 N–H and O–H groups in total. The van der Waals surface area contributed by atoms with E-state index in [4.69, 9.17) is 0 Å². The first-order valence-electron chi connectivity index (χ1n) is 12.1. The summed E-state index contributed by atoms with van der Waals surface area (Å²) in [6, 6.07) is 0. The van der Waals surface area contributed by atoms with Crippen LogP contribution in [0.5, 0.6) is 0 Å². The number of unbranched alkanes of at least 4 members (excludes halogenated alkanes) is 1. The molecule has 0 heterocycles. The summed E-state index contributed by atoms with van der Waals surface area (Å²) in [5.74, 6) is 5.41. The van der Waals surface area contributed by atoms with Crippen molar-refractivity contribution in [1.82, 2.24) is 0 Å². The zero-order chi connectivity index (χ0) is 18.1. The van der Waals surface area contributed by atoms with Crippen molar-refractivity contribution in [3.8, 4) is 0 Å². The third-order valence-corrected chi connectivity index (χ3v) is 9.69. The van der Waals surface area contributed by atoms with Gasteiger partial charge < -0.3 is 0 Å². The lowest BCUT2D eigenvalue weighted by Crippen LogP contribution is -2.52. The first kappa shape index (κ1) is 19.8. The fourth-order valence-electron chi connectivity index (χ4n) is 8.33. The molecule has 4 rings (SSSR count). The van der Waals surface area contributed by atoms with Crippen LogP contribution < -0.4 is 0 Å². The van der Waals surface area contributed by atoms with E-state index in [0.717, 1.165) is 35.0 Å². The highest BCUT2D eigenvalue weighted by molar-refractivity contribution is 5.08. The molecule has 4 aliphatic carbocycles. The molecular formula is C25H46. The molecule has 0 radical (unpaired) electrons. The second-order valence-corrected chi connectivity index (χ2v) is 10.4. The van der Waals surface area contributed by atoms with E-state index in [1.165, 1.54) is 32.1 Å². The van der Waals surface area contributed by atoms with Gasteiger partial charge >= 0.3 is 0 Å². The molecule has 0 aromatic heterocycles. The summed E-state index contributed by atoms with van der Waals surface area (Å²) in [6.07, 6.45) is 20.0. The Balaban J connectivity index is 0.000000880. The Labute approximate surface area is 158 Å². The van der Waals surface area contributed by atoms with Gasteiger partial charge in [-0.05, 0) is 98.2 Å². The molecule has 0 spiro atoms.